The van der Waals surface area contributed by atoms with Gasteiger partial charge in [0.2, 0.25) is 0 Å². The third-order valence-corrected chi connectivity index (χ3v) is 4.05. The van der Waals surface area contributed by atoms with Crippen molar-refractivity contribution in [2.75, 3.05) is 13.2 Å². The van der Waals surface area contributed by atoms with E-state index in [9.17, 15) is 9.90 Å². The summed E-state index contributed by atoms with van der Waals surface area (Å²) in [7, 11) is 0. The van der Waals surface area contributed by atoms with Crippen LogP contribution in [0.15, 0.2) is 54.6 Å². The Labute approximate surface area is 167 Å². The lowest BCUT2D eigenvalue weighted by Crippen LogP contribution is -2.33. The summed E-state index contributed by atoms with van der Waals surface area (Å²) in [5.41, 5.74) is 1.56. The van der Waals surface area contributed by atoms with Gasteiger partial charge in [-0.15, -0.1) is 0 Å². The fraction of sp³-hybridized carbons (Fsp3) is 0.435. The van der Waals surface area contributed by atoms with Crippen molar-refractivity contribution in [1.29, 1.82) is 0 Å². The second-order valence-corrected chi connectivity index (χ2v) is 7.74. The number of aryl methyl sites for hydroxylation is 1. The molecule has 0 aliphatic rings. The van der Waals surface area contributed by atoms with Crippen molar-refractivity contribution < 1.29 is 19.4 Å². The van der Waals surface area contributed by atoms with E-state index in [0.717, 1.165) is 12.0 Å². The Morgan fingerprint density at radius 2 is 1.86 bits per heavy atom. The number of amides is 1. The predicted molar refractivity (Wildman–Crippen MR) is 111 cm³/mol. The molecule has 0 bridgehead atoms. The van der Waals surface area contributed by atoms with Crippen LogP contribution in [0.2, 0.25) is 0 Å². The van der Waals surface area contributed by atoms with E-state index < -0.39 is 17.8 Å². The van der Waals surface area contributed by atoms with E-state index in [1.54, 1.807) is 0 Å². The Hall–Kier alpha value is -2.53. The minimum Gasteiger partial charge on any atom is -0.494 e. The van der Waals surface area contributed by atoms with E-state index in [4.69, 9.17) is 9.47 Å². The van der Waals surface area contributed by atoms with Gasteiger partial charge >= 0.3 is 6.09 Å². The first-order valence-corrected chi connectivity index (χ1v) is 9.75. The number of hydrogen-bond donors (Lipinski definition) is 2. The SMILES string of the molecule is CC(C)(C)OC(=O)NCCCOc1cccc([C@H](O)CCc2ccccc2)c1. The Bertz CT molecular complexity index is 725. The van der Waals surface area contributed by atoms with Crippen LogP contribution in [0.5, 0.6) is 5.75 Å². The summed E-state index contributed by atoms with van der Waals surface area (Å²) in [6, 6.07) is 17.7. The molecule has 0 radical (unpaired) electrons. The highest BCUT2D eigenvalue weighted by molar-refractivity contribution is 5.67. The minimum absolute atomic E-state index is 0.420. The van der Waals surface area contributed by atoms with Crippen LogP contribution in [0.1, 0.15) is 50.8 Å². The van der Waals surface area contributed by atoms with Gasteiger partial charge < -0.3 is 19.9 Å². The van der Waals surface area contributed by atoms with Gasteiger partial charge in [-0.2, -0.15) is 0 Å². The van der Waals surface area contributed by atoms with Crippen molar-refractivity contribution in [2.24, 2.45) is 0 Å². The highest BCUT2D eigenvalue weighted by Gasteiger charge is 2.15. The average Bonchev–Trinajstić information content (AvgIpc) is 2.65. The number of hydrogen-bond acceptors (Lipinski definition) is 4. The second kappa shape index (κ2) is 10.7. The van der Waals surface area contributed by atoms with Crippen molar-refractivity contribution in [1.82, 2.24) is 5.32 Å². The summed E-state index contributed by atoms with van der Waals surface area (Å²) >= 11 is 0. The molecule has 0 fully saturated rings. The Morgan fingerprint density at radius 1 is 1.11 bits per heavy atom. The van der Waals surface area contributed by atoms with Crippen LogP contribution in [0.25, 0.3) is 0 Å². The van der Waals surface area contributed by atoms with Crippen LogP contribution in [0.3, 0.4) is 0 Å². The van der Waals surface area contributed by atoms with E-state index in [1.165, 1.54) is 5.56 Å². The van der Waals surface area contributed by atoms with Crippen LogP contribution < -0.4 is 10.1 Å². The molecule has 0 aliphatic heterocycles. The zero-order valence-corrected chi connectivity index (χ0v) is 17.0. The molecule has 2 N–H and O–H groups in total. The van der Waals surface area contributed by atoms with Gasteiger partial charge in [0.25, 0.3) is 0 Å². The molecule has 0 saturated heterocycles. The number of ether oxygens (including phenoxy) is 2. The van der Waals surface area contributed by atoms with E-state index in [1.807, 2.05) is 63.2 Å². The van der Waals surface area contributed by atoms with Crippen LogP contribution in [-0.2, 0) is 11.2 Å². The van der Waals surface area contributed by atoms with Gasteiger partial charge in [-0.05, 0) is 63.3 Å². The molecule has 0 heterocycles. The molecule has 2 rings (SSSR count). The first kappa shape index (κ1) is 21.8. The van der Waals surface area contributed by atoms with Crippen LogP contribution in [0.4, 0.5) is 4.79 Å². The molecule has 2 aromatic rings. The number of nitrogens with one attached hydrogen (secondary N) is 1. The molecule has 1 amide bonds. The Kier molecular flexibility index (Phi) is 8.33. The maximum absolute atomic E-state index is 11.6. The van der Waals surface area contributed by atoms with Gasteiger partial charge in [0.15, 0.2) is 0 Å². The normalized spacial score (nSPS) is 12.3. The molecule has 0 saturated carbocycles. The summed E-state index contributed by atoms with van der Waals surface area (Å²) in [6.45, 7) is 6.44. The van der Waals surface area contributed by atoms with Gasteiger partial charge in [0.1, 0.15) is 11.4 Å². The predicted octanol–water partition coefficient (Wildman–Crippen LogP) is 4.65. The lowest BCUT2D eigenvalue weighted by Gasteiger charge is -2.19. The molecule has 0 unspecified atom stereocenters. The van der Waals surface area contributed by atoms with Crippen LogP contribution >= 0.6 is 0 Å². The summed E-state index contributed by atoms with van der Waals surface area (Å²) < 4.78 is 10.9. The zero-order chi connectivity index (χ0) is 20.4. The molecule has 28 heavy (non-hydrogen) atoms. The maximum atomic E-state index is 11.6. The smallest absolute Gasteiger partial charge is 0.407 e. The van der Waals surface area contributed by atoms with Crippen LogP contribution in [-0.4, -0.2) is 30.0 Å². The lowest BCUT2D eigenvalue weighted by molar-refractivity contribution is 0.0525. The van der Waals surface area contributed by atoms with Crippen molar-refractivity contribution >= 4 is 6.09 Å². The van der Waals surface area contributed by atoms with E-state index in [-0.39, 0.29) is 0 Å². The molecule has 0 spiro atoms. The van der Waals surface area contributed by atoms with E-state index in [0.29, 0.717) is 31.7 Å². The number of aliphatic hydroxyl groups is 1. The summed E-state index contributed by atoms with van der Waals surface area (Å²) in [6.07, 6.45) is 1.20. The first-order chi connectivity index (χ1) is 13.3. The number of alkyl carbamates (subject to hydrolysis) is 1. The number of aliphatic hydroxyl groups excluding tert-OH is 1. The summed E-state index contributed by atoms with van der Waals surface area (Å²) in [5, 5.41) is 13.2. The third-order valence-electron chi connectivity index (χ3n) is 4.05. The topological polar surface area (TPSA) is 67.8 Å². The molecule has 152 valence electrons. The highest BCUT2D eigenvalue weighted by atomic mass is 16.6. The van der Waals surface area contributed by atoms with Gasteiger partial charge in [0.05, 0.1) is 12.7 Å². The molecule has 0 aromatic heterocycles. The Morgan fingerprint density at radius 3 is 2.57 bits per heavy atom. The van der Waals surface area contributed by atoms with E-state index in [2.05, 4.69) is 17.4 Å². The summed E-state index contributed by atoms with van der Waals surface area (Å²) in [5.74, 6) is 0.716. The highest BCUT2D eigenvalue weighted by Crippen LogP contribution is 2.23. The largest absolute Gasteiger partial charge is 0.494 e. The van der Waals surface area contributed by atoms with Gasteiger partial charge in [0, 0.05) is 6.54 Å². The number of carbonyl (C=O) groups excluding carboxylic acids is 1. The molecule has 0 aliphatic carbocycles. The molecule has 2 aromatic carbocycles. The Balaban J connectivity index is 1.71. The summed E-state index contributed by atoms with van der Waals surface area (Å²) in [4.78, 5) is 11.6. The lowest BCUT2D eigenvalue weighted by atomic mass is 10.0. The molecular weight excluding hydrogens is 354 g/mol. The molecule has 5 nitrogen and oxygen atoms in total. The standard InChI is InChI=1S/C23H31NO4/c1-23(2,3)28-22(26)24-15-8-16-27-20-12-7-11-19(17-20)21(25)14-13-18-9-5-4-6-10-18/h4-7,9-12,17,21,25H,8,13-16H2,1-3H3,(H,24,26)/t21-/m1/s1. The number of carbonyl (C=O) groups is 1. The van der Waals surface area contributed by atoms with E-state index >= 15 is 0 Å². The second-order valence-electron chi connectivity index (χ2n) is 7.74. The maximum Gasteiger partial charge on any atom is 0.407 e. The van der Waals surface area contributed by atoms with Crippen molar-refractivity contribution in [2.45, 2.75) is 51.7 Å². The molecular formula is C23H31NO4. The quantitative estimate of drug-likeness (QED) is 0.617. The van der Waals surface area contributed by atoms with Crippen molar-refractivity contribution in [3.05, 3.63) is 65.7 Å². The third kappa shape index (κ3) is 8.44. The van der Waals surface area contributed by atoms with Gasteiger partial charge in [-0.25, -0.2) is 4.79 Å². The zero-order valence-electron chi connectivity index (χ0n) is 17.0. The average molecular weight is 386 g/mol. The fourth-order valence-corrected chi connectivity index (χ4v) is 2.69. The number of rotatable bonds is 9. The van der Waals surface area contributed by atoms with Crippen molar-refractivity contribution in [3.8, 4) is 5.75 Å². The molecule has 5 heteroatoms. The first-order valence-electron chi connectivity index (χ1n) is 9.75. The minimum atomic E-state index is -0.530. The van der Waals surface area contributed by atoms with Gasteiger partial charge in [-0.3, -0.25) is 0 Å². The molecule has 1 atom stereocenters. The van der Waals surface area contributed by atoms with Crippen molar-refractivity contribution in [3.63, 3.8) is 0 Å². The van der Waals surface area contributed by atoms with Gasteiger partial charge in [-0.1, -0.05) is 42.5 Å². The number of benzene rings is 2. The van der Waals surface area contributed by atoms with Crippen LogP contribution in [0, 0.1) is 0 Å². The fourth-order valence-electron chi connectivity index (χ4n) is 2.69. The monoisotopic (exact) mass is 385 g/mol.